The van der Waals surface area contributed by atoms with E-state index in [0.29, 0.717) is 0 Å². The molecule has 0 fully saturated rings. The number of hydrogen-bond donors (Lipinski definition) is 3. The normalized spacial score (nSPS) is 12.6. The molecule has 0 bridgehead atoms. The first-order valence-corrected chi connectivity index (χ1v) is 8.02. The molecule has 0 saturated carbocycles. The second-order valence-electron chi connectivity index (χ2n) is 4.37. The molecule has 0 unspecified atom stereocenters. The fraction of sp³-hybridized carbons (Fsp3) is 0.385. The van der Waals surface area contributed by atoms with Gasteiger partial charge in [0.05, 0.1) is 12.3 Å². The van der Waals surface area contributed by atoms with Crippen molar-refractivity contribution < 1.29 is 23.1 Å². The lowest BCUT2D eigenvalue weighted by Gasteiger charge is -2.15. The molecular formula is C13H18N2O5S. The predicted molar refractivity (Wildman–Crippen MR) is 77.2 cm³/mol. The number of hydrogen-bond acceptors (Lipinski definition) is 4. The van der Waals surface area contributed by atoms with Gasteiger partial charge in [-0.05, 0) is 12.5 Å². The average molecular weight is 314 g/mol. The first kappa shape index (κ1) is 17.1. The van der Waals surface area contributed by atoms with Gasteiger partial charge in [0.1, 0.15) is 6.04 Å². The molecule has 7 nitrogen and oxygen atoms in total. The maximum atomic E-state index is 11.6. The van der Waals surface area contributed by atoms with Crippen LogP contribution in [-0.2, 0) is 26.0 Å². The molecule has 0 saturated heterocycles. The third-order valence-electron chi connectivity index (χ3n) is 2.75. The average Bonchev–Trinajstić information content (AvgIpc) is 2.45. The summed E-state index contributed by atoms with van der Waals surface area (Å²) in [5, 5.41) is 11.4. The number of aliphatic carboxylic acids is 1. The largest absolute Gasteiger partial charge is 0.480 e. The number of carbonyl (C=O) groups is 2. The SMILES string of the molecule is CCS(=O)(=O)NCC(=O)N[C@@H](Cc1ccccc1)C(=O)O. The summed E-state index contributed by atoms with van der Waals surface area (Å²) in [4.78, 5) is 22.8. The molecule has 1 rings (SSSR count). The van der Waals surface area contributed by atoms with Crippen LogP contribution in [0.25, 0.3) is 0 Å². The molecule has 3 N–H and O–H groups in total. The lowest BCUT2D eigenvalue weighted by molar-refractivity contribution is -0.141. The van der Waals surface area contributed by atoms with E-state index in [1.165, 1.54) is 6.92 Å². The Hall–Kier alpha value is -1.93. The second-order valence-corrected chi connectivity index (χ2v) is 6.47. The number of amides is 1. The van der Waals surface area contributed by atoms with Crippen LogP contribution >= 0.6 is 0 Å². The molecule has 8 heteroatoms. The van der Waals surface area contributed by atoms with Crippen LogP contribution in [-0.4, -0.2) is 43.7 Å². The van der Waals surface area contributed by atoms with Crippen LogP contribution in [0.3, 0.4) is 0 Å². The van der Waals surface area contributed by atoms with E-state index in [1.54, 1.807) is 30.3 Å². The molecule has 0 aliphatic rings. The Morgan fingerprint density at radius 3 is 2.38 bits per heavy atom. The van der Waals surface area contributed by atoms with Crippen LogP contribution in [0.1, 0.15) is 12.5 Å². The maximum Gasteiger partial charge on any atom is 0.326 e. The first-order chi connectivity index (χ1) is 9.84. The minimum atomic E-state index is -3.49. The summed E-state index contributed by atoms with van der Waals surface area (Å²) in [7, 11) is -3.49. The van der Waals surface area contributed by atoms with Crippen LogP contribution < -0.4 is 10.0 Å². The third-order valence-corrected chi connectivity index (χ3v) is 4.09. The zero-order valence-corrected chi connectivity index (χ0v) is 12.4. The fourth-order valence-electron chi connectivity index (χ4n) is 1.57. The summed E-state index contributed by atoms with van der Waals surface area (Å²) in [6, 6.07) is 7.74. The Bertz CT molecular complexity index is 586. The van der Waals surface area contributed by atoms with Crippen molar-refractivity contribution in [3.8, 4) is 0 Å². The van der Waals surface area contributed by atoms with Gasteiger partial charge in [-0.15, -0.1) is 0 Å². The van der Waals surface area contributed by atoms with Gasteiger partial charge in [-0.2, -0.15) is 0 Å². The topological polar surface area (TPSA) is 113 Å². The molecular weight excluding hydrogens is 296 g/mol. The quantitative estimate of drug-likeness (QED) is 0.612. The number of rotatable bonds is 8. The van der Waals surface area contributed by atoms with E-state index < -0.39 is 34.5 Å². The second kappa shape index (κ2) is 7.75. The van der Waals surface area contributed by atoms with Crippen LogP contribution in [0.5, 0.6) is 0 Å². The Kier molecular flexibility index (Phi) is 6.32. The van der Waals surface area contributed by atoms with Gasteiger partial charge in [-0.1, -0.05) is 30.3 Å². The van der Waals surface area contributed by atoms with Crippen molar-refractivity contribution in [3.05, 3.63) is 35.9 Å². The zero-order chi connectivity index (χ0) is 15.9. The van der Waals surface area contributed by atoms with E-state index in [-0.39, 0.29) is 12.2 Å². The van der Waals surface area contributed by atoms with Gasteiger partial charge in [-0.25, -0.2) is 17.9 Å². The van der Waals surface area contributed by atoms with E-state index >= 15 is 0 Å². The van der Waals surface area contributed by atoms with Crippen molar-refractivity contribution in [2.75, 3.05) is 12.3 Å². The molecule has 1 atom stereocenters. The summed E-state index contributed by atoms with van der Waals surface area (Å²) in [6.07, 6.45) is 0.127. The summed E-state index contributed by atoms with van der Waals surface area (Å²) in [5.41, 5.74) is 0.763. The van der Waals surface area contributed by atoms with Gasteiger partial charge >= 0.3 is 5.97 Å². The summed E-state index contributed by atoms with van der Waals surface area (Å²) < 4.78 is 24.5. The van der Waals surface area contributed by atoms with Gasteiger partial charge in [-0.3, -0.25) is 4.79 Å². The number of benzene rings is 1. The molecule has 0 heterocycles. The Morgan fingerprint density at radius 1 is 1.24 bits per heavy atom. The van der Waals surface area contributed by atoms with Crippen molar-refractivity contribution in [2.45, 2.75) is 19.4 Å². The summed E-state index contributed by atoms with van der Waals surface area (Å²) in [6.45, 7) is 0.963. The zero-order valence-electron chi connectivity index (χ0n) is 11.6. The van der Waals surface area contributed by atoms with Crippen molar-refractivity contribution in [1.29, 1.82) is 0 Å². The number of carbonyl (C=O) groups excluding carboxylic acids is 1. The minimum Gasteiger partial charge on any atom is -0.480 e. The van der Waals surface area contributed by atoms with Crippen LogP contribution in [0, 0.1) is 0 Å². The molecule has 0 aromatic heterocycles. The van der Waals surface area contributed by atoms with Crippen molar-refractivity contribution >= 4 is 21.9 Å². The van der Waals surface area contributed by atoms with Crippen LogP contribution in [0.2, 0.25) is 0 Å². The van der Waals surface area contributed by atoms with Crippen molar-refractivity contribution in [2.24, 2.45) is 0 Å². The molecule has 116 valence electrons. The third kappa shape index (κ3) is 6.37. The molecule has 21 heavy (non-hydrogen) atoms. The van der Waals surface area contributed by atoms with E-state index in [2.05, 4.69) is 10.0 Å². The van der Waals surface area contributed by atoms with Crippen LogP contribution in [0.4, 0.5) is 0 Å². The highest BCUT2D eigenvalue weighted by molar-refractivity contribution is 7.89. The predicted octanol–water partition coefficient (Wildman–Crippen LogP) is -0.262. The highest BCUT2D eigenvalue weighted by atomic mass is 32.2. The Labute approximate surface area is 123 Å². The number of carboxylic acid groups (broad SMARTS) is 1. The number of nitrogens with one attached hydrogen (secondary N) is 2. The molecule has 0 spiro atoms. The monoisotopic (exact) mass is 314 g/mol. The number of carboxylic acids is 1. The molecule has 0 aliphatic carbocycles. The highest BCUT2D eigenvalue weighted by Gasteiger charge is 2.21. The lowest BCUT2D eigenvalue weighted by atomic mass is 10.1. The lowest BCUT2D eigenvalue weighted by Crippen LogP contribution is -2.46. The Balaban J connectivity index is 2.59. The Morgan fingerprint density at radius 2 is 1.86 bits per heavy atom. The van der Waals surface area contributed by atoms with Crippen LogP contribution in [0.15, 0.2) is 30.3 Å². The minimum absolute atomic E-state index is 0.127. The fourth-order valence-corrected chi connectivity index (χ4v) is 2.13. The summed E-state index contributed by atoms with van der Waals surface area (Å²) >= 11 is 0. The molecule has 1 amide bonds. The van der Waals surface area contributed by atoms with Gasteiger partial charge in [0.2, 0.25) is 15.9 Å². The standard InChI is InChI=1S/C13H18N2O5S/c1-2-21(19,20)14-9-12(16)15-11(13(17)18)8-10-6-4-3-5-7-10/h3-7,11,14H,2,8-9H2,1H3,(H,15,16)(H,17,18)/t11-/m0/s1. The van der Waals surface area contributed by atoms with E-state index in [0.717, 1.165) is 5.56 Å². The highest BCUT2D eigenvalue weighted by Crippen LogP contribution is 2.03. The molecule has 0 radical (unpaired) electrons. The maximum absolute atomic E-state index is 11.6. The van der Waals surface area contributed by atoms with Gasteiger partial charge in [0.15, 0.2) is 0 Å². The van der Waals surface area contributed by atoms with E-state index in [4.69, 9.17) is 5.11 Å². The van der Waals surface area contributed by atoms with Crippen molar-refractivity contribution in [3.63, 3.8) is 0 Å². The number of sulfonamides is 1. The molecule has 1 aromatic carbocycles. The smallest absolute Gasteiger partial charge is 0.326 e. The van der Waals surface area contributed by atoms with E-state index in [1.807, 2.05) is 0 Å². The van der Waals surface area contributed by atoms with Crippen molar-refractivity contribution in [1.82, 2.24) is 10.0 Å². The molecule has 1 aromatic rings. The summed E-state index contributed by atoms with van der Waals surface area (Å²) in [5.74, 6) is -2.01. The first-order valence-electron chi connectivity index (χ1n) is 6.37. The van der Waals surface area contributed by atoms with Gasteiger partial charge in [0.25, 0.3) is 0 Å². The van der Waals surface area contributed by atoms with E-state index in [9.17, 15) is 18.0 Å². The van der Waals surface area contributed by atoms with Gasteiger partial charge in [0, 0.05) is 6.42 Å². The molecule has 0 aliphatic heterocycles. The van der Waals surface area contributed by atoms with Gasteiger partial charge < -0.3 is 10.4 Å².